The Morgan fingerprint density at radius 1 is 1.12 bits per heavy atom. The summed E-state index contributed by atoms with van der Waals surface area (Å²) in [5, 5.41) is 7.87. The molecule has 1 aromatic carbocycles. The Hall–Kier alpha value is -3.17. The lowest BCUT2D eigenvalue weighted by Crippen LogP contribution is -2.34. The lowest BCUT2D eigenvalue weighted by atomic mass is 10.2. The third-order valence-electron chi connectivity index (χ3n) is 2.91. The van der Waals surface area contributed by atoms with Gasteiger partial charge in [0.05, 0.1) is 12.2 Å². The van der Waals surface area contributed by atoms with Crippen molar-refractivity contribution in [1.82, 2.24) is 15.1 Å². The Morgan fingerprint density at radius 3 is 2.50 bits per heavy atom. The Balaban J connectivity index is 1.98. The number of hydrogen-bond donors (Lipinski definition) is 2. The summed E-state index contributed by atoms with van der Waals surface area (Å²) in [7, 11) is 1.34. The summed E-state index contributed by atoms with van der Waals surface area (Å²) in [6, 6.07) is 3.80. The molecule has 0 unspecified atom stereocenters. The molecule has 0 saturated carbocycles. The zero-order valence-electron chi connectivity index (χ0n) is 12.3. The number of aryl methyl sites for hydroxylation is 1. The van der Waals surface area contributed by atoms with Crippen LogP contribution < -0.4 is 16.2 Å². The lowest BCUT2D eigenvalue weighted by Gasteiger charge is -2.08. The summed E-state index contributed by atoms with van der Waals surface area (Å²) in [4.78, 5) is 34.6. The Morgan fingerprint density at radius 2 is 1.83 bits per heavy atom. The van der Waals surface area contributed by atoms with Crippen molar-refractivity contribution in [2.75, 3.05) is 11.9 Å². The second-order valence-corrected chi connectivity index (χ2v) is 4.63. The predicted molar refractivity (Wildman–Crippen MR) is 76.8 cm³/mol. The number of aromatic nitrogens is 2. The van der Waals surface area contributed by atoms with Crippen molar-refractivity contribution >= 4 is 17.5 Å². The molecule has 2 rings (SSSR count). The van der Waals surface area contributed by atoms with Gasteiger partial charge in [0.25, 0.3) is 11.5 Å². The van der Waals surface area contributed by atoms with Gasteiger partial charge in [-0.25, -0.2) is 17.9 Å². The summed E-state index contributed by atoms with van der Waals surface area (Å²) in [6.45, 7) is -0.568. The normalized spacial score (nSPS) is 10.3. The molecule has 0 aliphatic rings. The van der Waals surface area contributed by atoms with E-state index in [-0.39, 0.29) is 5.69 Å². The molecule has 10 heteroatoms. The van der Waals surface area contributed by atoms with Crippen LogP contribution in [-0.2, 0) is 11.8 Å². The Bertz CT molecular complexity index is 867. The average molecular weight is 340 g/mol. The van der Waals surface area contributed by atoms with Crippen LogP contribution in [0, 0.1) is 17.5 Å². The van der Waals surface area contributed by atoms with E-state index in [2.05, 4.69) is 10.4 Å². The molecule has 1 aromatic heterocycles. The number of nitrogens with zero attached hydrogens (tertiary/aromatic N) is 2. The molecule has 24 heavy (non-hydrogen) atoms. The number of rotatable bonds is 4. The van der Waals surface area contributed by atoms with Crippen LogP contribution in [0.2, 0.25) is 0 Å². The molecule has 0 saturated heterocycles. The highest BCUT2D eigenvalue weighted by atomic mass is 19.2. The van der Waals surface area contributed by atoms with Crippen LogP contribution >= 0.6 is 0 Å². The van der Waals surface area contributed by atoms with Crippen molar-refractivity contribution in [1.29, 1.82) is 0 Å². The van der Waals surface area contributed by atoms with Crippen LogP contribution in [0.3, 0.4) is 0 Å². The van der Waals surface area contributed by atoms with E-state index in [1.165, 1.54) is 13.1 Å². The summed E-state index contributed by atoms with van der Waals surface area (Å²) < 4.78 is 40.2. The predicted octanol–water partition coefficient (Wildman–Crippen LogP) is 0.566. The standard InChI is InChI=1S/C14H11F3N4O3/c1-21-11(23)5-4-9(20-21)14(24)18-6-10(22)19-8-3-2-7(15)12(16)13(8)17/h2-5H,6H2,1H3,(H,18,24)(H,19,22). The fourth-order valence-electron chi connectivity index (χ4n) is 1.69. The van der Waals surface area contributed by atoms with E-state index >= 15 is 0 Å². The minimum atomic E-state index is -1.72. The smallest absolute Gasteiger partial charge is 0.272 e. The van der Waals surface area contributed by atoms with E-state index in [1.807, 2.05) is 5.32 Å². The Labute approximate surface area is 133 Å². The number of carbonyl (C=O) groups excluding carboxylic acids is 2. The maximum absolute atomic E-state index is 13.4. The van der Waals surface area contributed by atoms with Crippen LogP contribution in [0.4, 0.5) is 18.9 Å². The van der Waals surface area contributed by atoms with Gasteiger partial charge in [0.15, 0.2) is 17.5 Å². The molecule has 0 radical (unpaired) electrons. The van der Waals surface area contributed by atoms with Gasteiger partial charge in [-0.2, -0.15) is 5.10 Å². The highest BCUT2D eigenvalue weighted by molar-refractivity contribution is 5.98. The minimum Gasteiger partial charge on any atom is -0.342 e. The van der Waals surface area contributed by atoms with Gasteiger partial charge in [0, 0.05) is 13.1 Å². The van der Waals surface area contributed by atoms with Gasteiger partial charge in [0.1, 0.15) is 5.69 Å². The van der Waals surface area contributed by atoms with Crippen molar-refractivity contribution in [3.63, 3.8) is 0 Å². The molecule has 2 N–H and O–H groups in total. The van der Waals surface area contributed by atoms with Crippen LogP contribution in [-0.4, -0.2) is 28.1 Å². The first-order valence-electron chi connectivity index (χ1n) is 6.55. The van der Waals surface area contributed by atoms with Crippen molar-refractivity contribution in [3.05, 3.63) is 57.8 Å². The van der Waals surface area contributed by atoms with Crippen LogP contribution in [0.5, 0.6) is 0 Å². The van der Waals surface area contributed by atoms with E-state index in [1.54, 1.807) is 0 Å². The van der Waals surface area contributed by atoms with Crippen molar-refractivity contribution in [2.45, 2.75) is 0 Å². The topological polar surface area (TPSA) is 93.1 Å². The number of halogens is 3. The summed E-state index contributed by atoms with van der Waals surface area (Å²) in [5.41, 5.74) is -1.09. The van der Waals surface area contributed by atoms with Gasteiger partial charge >= 0.3 is 0 Å². The van der Waals surface area contributed by atoms with E-state index in [0.717, 1.165) is 16.8 Å². The first kappa shape index (κ1) is 17.2. The molecule has 126 valence electrons. The second-order valence-electron chi connectivity index (χ2n) is 4.63. The minimum absolute atomic E-state index is 0.107. The number of hydrogen-bond acceptors (Lipinski definition) is 4. The molecule has 0 aliphatic heterocycles. The molecule has 0 aliphatic carbocycles. The molecule has 1 heterocycles. The van der Waals surface area contributed by atoms with Crippen molar-refractivity contribution in [3.8, 4) is 0 Å². The molecular weight excluding hydrogens is 329 g/mol. The first-order chi connectivity index (χ1) is 11.3. The Kier molecular flexibility index (Phi) is 4.97. The number of anilines is 1. The SMILES string of the molecule is Cn1nc(C(=O)NCC(=O)Nc2ccc(F)c(F)c2F)ccc1=O. The maximum atomic E-state index is 13.4. The van der Waals surface area contributed by atoms with E-state index in [0.29, 0.717) is 6.07 Å². The molecule has 0 atom stereocenters. The largest absolute Gasteiger partial charge is 0.342 e. The van der Waals surface area contributed by atoms with E-state index in [9.17, 15) is 27.6 Å². The fraction of sp³-hybridized carbons (Fsp3) is 0.143. The lowest BCUT2D eigenvalue weighted by molar-refractivity contribution is -0.115. The van der Waals surface area contributed by atoms with Crippen molar-refractivity contribution in [2.24, 2.45) is 7.05 Å². The van der Waals surface area contributed by atoms with Gasteiger partial charge in [-0.3, -0.25) is 14.4 Å². The fourth-order valence-corrected chi connectivity index (χ4v) is 1.69. The molecule has 0 spiro atoms. The summed E-state index contributed by atoms with van der Waals surface area (Å²) >= 11 is 0. The number of benzene rings is 1. The molecule has 2 amide bonds. The highest BCUT2D eigenvalue weighted by Crippen LogP contribution is 2.19. The van der Waals surface area contributed by atoms with Gasteiger partial charge in [-0.1, -0.05) is 0 Å². The highest BCUT2D eigenvalue weighted by Gasteiger charge is 2.16. The van der Waals surface area contributed by atoms with Crippen LogP contribution in [0.1, 0.15) is 10.5 Å². The zero-order valence-corrected chi connectivity index (χ0v) is 12.3. The maximum Gasteiger partial charge on any atom is 0.272 e. The van der Waals surface area contributed by atoms with Gasteiger partial charge in [-0.15, -0.1) is 0 Å². The van der Waals surface area contributed by atoms with Gasteiger partial charge < -0.3 is 10.6 Å². The van der Waals surface area contributed by atoms with Crippen LogP contribution in [0.15, 0.2) is 29.1 Å². The molecular formula is C14H11F3N4O3. The molecule has 0 bridgehead atoms. The van der Waals surface area contributed by atoms with Gasteiger partial charge in [-0.05, 0) is 18.2 Å². The number of carbonyl (C=O) groups is 2. The van der Waals surface area contributed by atoms with Crippen molar-refractivity contribution < 1.29 is 22.8 Å². The summed E-state index contributed by atoms with van der Waals surface area (Å²) in [6.07, 6.45) is 0. The molecule has 0 fully saturated rings. The quantitative estimate of drug-likeness (QED) is 0.796. The monoisotopic (exact) mass is 340 g/mol. The average Bonchev–Trinajstić information content (AvgIpc) is 2.55. The van der Waals surface area contributed by atoms with E-state index < -0.39 is 47.1 Å². The zero-order chi connectivity index (χ0) is 17.9. The third-order valence-corrected chi connectivity index (χ3v) is 2.91. The molecule has 2 aromatic rings. The third kappa shape index (κ3) is 3.77. The second kappa shape index (κ2) is 6.94. The molecule has 7 nitrogen and oxygen atoms in total. The number of amides is 2. The van der Waals surface area contributed by atoms with E-state index in [4.69, 9.17) is 0 Å². The number of nitrogens with one attached hydrogen (secondary N) is 2. The summed E-state index contributed by atoms with van der Waals surface area (Å²) in [5.74, 6) is -6.26. The first-order valence-corrected chi connectivity index (χ1v) is 6.55. The van der Waals surface area contributed by atoms with Crippen LogP contribution in [0.25, 0.3) is 0 Å². The van der Waals surface area contributed by atoms with Gasteiger partial charge in [0.2, 0.25) is 5.91 Å².